The SMILES string of the molecule is CC(=O)NCC(=O)N1CC2CCCC(N)C2C1. The number of carbonyl (C=O) groups is 2. The Labute approximate surface area is 102 Å². The van der Waals surface area contributed by atoms with Gasteiger partial charge in [-0.2, -0.15) is 0 Å². The van der Waals surface area contributed by atoms with Crippen LogP contribution < -0.4 is 11.1 Å². The lowest BCUT2D eigenvalue weighted by Gasteiger charge is -2.29. The first-order chi connectivity index (χ1) is 8.08. The Bertz CT molecular complexity index is 319. The molecule has 2 rings (SSSR count). The number of likely N-dealkylation sites (tertiary alicyclic amines) is 1. The molecule has 17 heavy (non-hydrogen) atoms. The van der Waals surface area contributed by atoms with Crippen LogP contribution in [0.25, 0.3) is 0 Å². The lowest BCUT2D eigenvalue weighted by Crippen LogP contribution is -2.40. The predicted octanol–water partition coefficient (Wildman–Crippen LogP) is -0.292. The summed E-state index contributed by atoms with van der Waals surface area (Å²) < 4.78 is 0. The Morgan fingerprint density at radius 3 is 2.76 bits per heavy atom. The topological polar surface area (TPSA) is 75.4 Å². The lowest BCUT2D eigenvalue weighted by atomic mass is 9.78. The molecule has 1 saturated carbocycles. The Kier molecular flexibility index (Phi) is 3.66. The molecule has 0 aromatic carbocycles. The fourth-order valence-corrected chi connectivity index (χ4v) is 3.03. The van der Waals surface area contributed by atoms with Crippen molar-refractivity contribution in [3.63, 3.8) is 0 Å². The minimum absolute atomic E-state index is 0.0156. The monoisotopic (exact) mass is 239 g/mol. The third-order valence-electron chi connectivity index (χ3n) is 4.00. The largest absolute Gasteiger partial charge is 0.347 e. The number of nitrogens with two attached hydrogens (primary N) is 1. The zero-order valence-corrected chi connectivity index (χ0v) is 10.3. The molecule has 0 aromatic heterocycles. The second-order valence-electron chi connectivity index (χ2n) is 5.23. The van der Waals surface area contributed by atoms with E-state index in [1.165, 1.54) is 19.8 Å². The maximum Gasteiger partial charge on any atom is 0.241 e. The fourth-order valence-electron chi connectivity index (χ4n) is 3.03. The van der Waals surface area contributed by atoms with Crippen molar-refractivity contribution in [2.75, 3.05) is 19.6 Å². The molecule has 96 valence electrons. The number of amides is 2. The molecule has 1 saturated heterocycles. The molecule has 3 atom stereocenters. The average Bonchev–Trinajstić information content (AvgIpc) is 2.71. The number of nitrogens with one attached hydrogen (secondary N) is 1. The van der Waals surface area contributed by atoms with Gasteiger partial charge in [0.2, 0.25) is 11.8 Å². The summed E-state index contributed by atoms with van der Waals surface area (Å²) >= 11 is 0. The van der Waals surface area contributed by atoms with Crippen molar-refractivity contribution in [3.8, 4) is 0 Å². The first kappa shape index (κ1) is 12.4. The quantitative estimate of drug-likeness (QED) is 0.695. The van der Waals surface area contributed by atoms with Gasteiger partial charge in [-0.05, 0) is 24.7 Å². The summed E-state index contributed by atoms with van der Waals surface area (Å²) in [6.45, 7) is 3.12. The molecular formula is C12H21N3O2. The molecule has 0 spiro atoms. The van der Waals surface area contributed by atoms with Gasteiger partial charge in [0.05, 0.1) is 6.54 Å². The summed E-state index contributed by atoms with van der Waals surface area (Å²) in [6, 6.07) is 0.243. The molecule has 5 heteroatoms. The lowest BCUT2D eigenvalue weighted by molar-refractivity contribution is -0.131. The zero-order valence-electron chi connectivity index (χ0n) is 10.3. The highest BCUT2D eigenvalue weighted by Gasteiger charge is 2.40. The molecule has 0 bridgehead atoms. The predicted molar refractivity (Wildman–Crippen MR) is 64.1 cm³/mol. The van der Waals surface area contributed by atoms with Crippen LogP contribution in [0.3, 0.4) is 0 Å². The van der Waals surface area contributed by atoms with E-state index in [1.807, 2.05) is 4.90 Å². The van der Waals surface area contributed by atoms with Crippen LogP contribution in [-0.4, -0.2) is 42.4 Å². The van der Waals surface area contributed by atoms with E-state index in [4.69, 9.17) is 5.73 Å². The van der Waals surface area contributed by atoms with Crippen LogP contribution in [-0.2, 0) is 9.59 Å². The number of rotatable bonds is 2. The van der Waals surface area contributed by atoms with Crippen molar-refractivity contribution < 1.29 is 9.59 Å². The van der Waals surface area contributed by atoms with Crippen molar-refractivity contribution in [3.05, 3.63) is 0 Å². The second-order valence-corrected chi connectivity index (χ2v) is 5.23. The van der Waals surface area contributed by atoms with Crippen molar-refractivity contribution in [2.24, 2.45) is 17.6 Å². The number of nitrogens with zero attached hydrogens (tertiary/aromatic N) is 1. The standard InChI is InChI=1S/C12H21N3O2/c1-8(16)14-5-12(17)15-6-9-3-2-4-11(13)10(9)7-15/h9-11H,2-7,13H2,1H3,(H,14,16). The molecule has 0 radical (unpaired) electrons. The Morgan fingerprint density at radius 2 is 2.12 bits per heavy atom. The third kappa shape index (κ3) is 2.77. The summed E-state index contributed by atoms with van der Waals surface area (Å²) in [5, 5.41) is 2.55. The second kappa shape index (κ2) is 5.04. The Morgan fingerprint density at radius 1 is 1.35 bits per heavy atom. The van der Waals surface area contributed by atoms with Crippen LogP contribution in [0.15, 0.2) is 0 Å². The van der Waals surface area contributed by atoms with Crippen LogP contribution in [0.2, 0.25) is 0 Å². The molecule has 3 N–H and O–H groups in total. The fraction of sp³-hybridized carbons (Fsp3) is 0.833. The van der Waals surface area contributed by atoms with Crippen LogP contribution in [0.5, 0.6) is 0 Å². The molecule has 0 aromatic rings. The molecule has 5 nitrogen and oxygen atoms in total. The van der Waals surface area contributed by atoms with Crippen molar-refractivity contribution in [2.45, 2.75) is 32.2 Å². The van der Waals surface area contributed by atoms with Gasteiger partial charge in [0.1, 0.15) is 0 Å². The number of carbonyl (C=O) groups excluding carboxylic acids is 2. The first-order valence-corrected chi connectivity index (χ1v) is 6.35. The van der Waals surface area contributed by atoms with Gasteiger partial charge >= 0.3 is 0 Å². The van der Waals surface area contributed by atoms with Gasteiger partial charge in [-0.3, -0.25) is 9.59 Å². The molecule has 1 heterocycles. The maximum atomic E-state index is 11.9. The summed E-state index contributed by atoms with van der Waals surface area (Å²) in [5.74, 6) is 0.888. The summed E-state index contributed by atoms with van der Waals surface area (Å²) in [4.78, 5) is 24.5. The van der Waals surface area contributed by atoms with Crippen LogP contribution >= 0.6 is 0 Å². The zero-order chi connectivity index (χ0) is 12.4. The van der Waals surface area contributed by atoms with E-state index < -0.39 is 0 Å². The van der Waals surface area contributed by atoms with Gasteiger partial charge in [-0.1, -0.05) is 6.42 Å². The molecule has 1 aliphatic carbocycles. The van der Waals surface area contributed by atoms with Crippen LogP contribution in [0.1, 0.15) is 26.2 Å². The van der Waals surface area contributed by atoms with Gasteiger partial charge in [0, 0.05) is 26.1 Å². The van der Waals surface area contributed by atoms with E-state index >= 15 is 0 Å². The van der Waals surface area contributed by atoms with E-state index in [-0.39, 0.29) is 24.4 Å². The van der Waals surface area contributed by atoms with E-state index in [0.29, 0.717) is 11.8 Å². The first-order valence-electron chi connectivity index (χ1n) is 6.35. The van der Waals surface area contributed by atoms with Crippen molar-refractivity contribution in [1.29, 1.82) is 0 Å². The van der Waals surface area contributed by atoms with E-state index in [2.05, 4.69) is 5.32 Å². The minimum atomic E-state index is -0.160. The highest BCUT2D eigenvalue weighted by Crippen LogP contribution is 2.35. The van der Waals surface area contributed by atoms with Gasteiger partial charge in [-0.15, -0.1) is 0 Å². The number of hydrogen-bond donors (Lipinski definition) is 2. The van der Waals surface area contributed by atoms with Gasteiger partial charge in [-0.25, -0.2) is 0 Å². The number of fused-ring (bicyclic) bond motifs is 1. The van der Waals surface area contributed by atoms with Crippen molar-refractivity contribution in [1.82, 2.24) is 10.2 Å². The summed E-state index contributed by atoms with van der Waals surface area (Å²) in [6.07, 6.45) is 3.44. The highest BCUT2D eigenvalue weighted by molar-refractivity contribution is 5.83. The molecular weight excluding hydrogens is 218 g/mol. The number of hydrogen-bond acceptors (Lipinski definition) is 3. The van der Waals surface area contributed by atoms with Gasteiger partial charge < -0.3 is 16.0 Å². The van der Waals surface area contributed by atoms with Gasteiger partial charge in [0.15, 0.2) is 0 Å². The summed E-state index contributed by atoms with van der Waals surface area (Å²) in [7, 11) is 0. The smallest absolute Gasteiger partial charge is 0.241 e. The minimum Gasteiger partial charge on any atom is -0.347 e. The maximum absolute atomic E-state index is 11.9. The molecule has 2 fully saturated rings. The van der Waals surface area contributed by atoms with Crippen molar-refractivity contribution >= 4 is 11.8 Å². The van der Waals surface area contributed by atoms with E-state index in [0.717, 1.165) is 19.5 Å². The Hall–Kier alpha value is -1.10. The van der Waals surface area contributed by atoms with Crippen LogP contribution in [0, 0.1) is 11.8 Å². The van der Waals surface area contributed by atoms with E-state index in [9.17, 15) is 9.59 Å². The molecule has 2 aliphatic rings. The summed E-state index contributed by atoms with van der Waals surface area (Å²) in [5.41, 5.74) is 6.10. The van der Waals surface area contributed by atoms with Gasteiger partial charge in [0.25, 0.3) is 0 Å². The molecule has 2 amide bonds. The average molecular weight is 239 g/mol. The molecule has 1 aliphatic heterocycles. The Balaban J connectivity index is 1.88. The normalized spacial score (nSPS) is 32.1. The molecule has 3 unspecified atom stereocenters. The highest BCUT2D eigenvalue weighted by atomic mass is 16.2. The van der Waals surface area contributed by atoms with E-state index in [1.54, 1.807) is 0 Å². The third-order valence-corrected chi connectivity index (χ3v) is 4.00. The van der Waals surface area contributed by atoms with Crippen LogP contribution in [0.4, 0.5) is 0 Å².